The third-order valence-electron chi connectivity index (χ3n) is 3.76. The minimum Gasteiger partial charge on any atom is -0.373 e. The number of ether oxygens (including phenoxy) is 1. The maximum atomic E-state index is 13.1. The number of aromatic nitrogens is 1. The molecule has 0 aliphatic carbocycles. The van der Waals surface area contributed by atoms with E-state index in [0.717, 1.165) is 28.2 Å². The zero-order valence-electron chi connectivity index (χ0n) is 9.73. The van der Waals surface area contributed by atoms with Crippen LogP contribution in [0.4, 0.5) is 9.52 Å². The summed E-state index contributed by atoms with van der Waals surface area (Å²) in [4.78, 5) is 4.43. The molecule has 3 atom stereocenters. The van der Waals surface area contributed by atoms with Gasteiger partial charge in [-0.25, -0.2) is 9.37 Å². The van der Waals surface area contributed by atoms with Gasteiger partial charge in [0.05, 0.1) is 28.5 Å². The van der Waals surface area contributed by atoms with Crippen molar-refractivity contribution in [3.63, 3.8) is 0 Å². The molecular formula is C13H13FN2OS. The molecule has 2 aliphatic rings. The minimum atomic E-state index is -0.234. The Morgan fingerprint density at radius 2 is 2.33 bits per heavy atom. The Morgan fingerprint density at radius 1 is 1.39 bits per heavy atom. The maximum Gasteiger partial charge on any atom is 0.184 e. The fourth-order valence-corrected chi connectivity index (χ4v) is 3.82. The highest BCUT2D eigenvalue weighted by atomic mass is 32.1. The Labute approximate surface area is 108 Å². The Kier molecular flexibility index (Phi) is 2.32. The molecule has 2 aromatic rings. The summed E-state index contributed by atoms with van der Waals surface area (Å²) >= 11 is 1.58. The average Bonchev–Trinajstić information content (AvgIpc) is 3.02. The van der Waals surface area contributed by atoms with E-state index in [0.29, 0.717) is 18.2 Å². The van der Waals surface area contributed by atoms with Crippen molar-refractivity contribution < 1.29 is 9.13 Å². The Hall–Kier alpha value is -1.20. The molecule has 94 valence electrons. The molecular weight excluding hydrogens is 251 g/mol. The molecule has 2 aliphatic heterocycles. The van der Waals surface area contributed by atoms with Gasteiger partial charge in [0, 0.05) is 6.07 Å². The molecule has 0 spiro atoms. The van der Waals surface area contributed by atoms with E-state index >= 15 is 0 Å². The van der Waals surface area contributed by atoms with Crippen molar-refractivity contribution in [2.24, 2.45) is 0 Å². The predicted octanol–water partition coefficient (Wildman–Crippen LogP) is 3.17. The molecule has 5 heteroatoms. The summed E-state index contributed by atoms with van der Waals surface area (Å²) in [6.07, 6.45) is 4.16. The third kappa shape index (κ3) is 1.69. The van der Waals surface area contributed by atoms with Crippen LogP contribution >= 0.6 is 11.3 Å². The van der Waals surface area contributed by atoms with E-state index in [1.807, 2.05) is 0 Å². The third-order valence-corrected chi connectivity index (χ3v) is 4.73. The first kappa shape index (κ1) is 10.7. The lowest BCUT2D eigenvalue weighted by molar-refractivity contribution is 0.102. The van der Waals surface area contributed by atoms with Crippen LogP contribution in [-0.2, 0) is 4.74 Å². The number of anilines is 1. The summed E-state index contributed by atoms with van der Waals surface area (Å²) in [5.41, 5.74) is 0.728. The zero-order valence-corrected chi connectivity index (χ0v) is 10.5. The van der Waals surface area contributed by atoms with Crippen LogP contribution in [0.3, 0.4) is 0 Å². The van der Waals surface area contributed by atoms with Crippen LogP contribution in [0, 0.1) is 5.82 Å². The second kappa shape index (κ2) is 3.90. The van der Waals surface area contributed by atoms with Crippen molar-refractivity contribution in [2.45, 2.75) is 37.5 Å². The molecule has 3 unspecified atom stereocenters. The highest BCUT2D eigenvalue weighted by molar-refractivity contribution is 7.22. The summed E-state index contributed by atoms with van der Waals surface area (Å²) in [7, 11) is 0. The second-order valence-electron chi connectivity index (χ2n) is 4.99. The number of rotatable bonds is 2. The summed E-state index contributed by atoms with van der Waals surface area (Å²) in [6.45, 7) is 0. The van der Waals surface area contributed by atoms with E-state index in [1.54, 1.807) is 17.4 Å². The van der Waals surface area contributed by atoms with Crippen molar-refractivity contribution >= 4 is 26.7 Å². The van der Waals surface area contributed by atoms with Gasteiger partial charge in [-0.1, -0.05) is 11.3 Å². The molecule has 4 rings (SSSR count). The van der Waals surface area contributed by atoms with Gasteiger partial charge in [0.2, 0.25) is 0 Å². The van der Waals surface area contributed by atoms with Crippen LogP contribution in [0.15, 0.2) is 18.2 Å². The normalized spacial score (nSPS) is 30.2. The average molecular weight is 264 g/mol. The molecule has 1 aromatic heterocycles. The van der Waals surface area contributed by atoms with Crippen LogP contribution < -0.4 is 5.32 Å². The van der Waals surface area contributed by atoms with Crippen molar-refractivity contribution in [2.75, 3.05) is 5.32 Å². The molecule has 1 N–H and O–H groups in total. The Morgan fingerprint density at radius 3 is 3.11 bits per heavy atom. The van der Waals surface area contributed by atoms with Crippen LogP contribution in [0.25, 0.3) is 10.2 Å². The van der Waals surface area contributed by atoms with E-state index in [1.165, 1.54) is 18.6 Å². The summed E-state index contributed by atoms with van der Waals surface area (Å²) in [5.74, 6) is -0.234. The number of hydrogen-bond donors (Lipinski definition) is 1. The van der Waals surface area contributed by atoms with Crippen molar-refractivity contribution in [1.29, 1.82) is 0 Å². The molecule has 2 saturated heterocycles. The lowest BCUT2D eigenvalue weighted by atomic mass is 9.96. The van der Waals surface area contributed by atoms with Gasteiger partial charge in [0.25, 0.3) is 0 Å². The van der Waals surface area contributed by atoms with Gasteiger partial charge in [0.1, 0.15) is 5.82 Å². The topological polar surface area (TPSA) is 34.1 Å². The number of halogens is 1. The number of thiazole rings is 1. The highest BCUT2D eigenvalue weighted by Crippen LogP contribution is 2.37. The van der Waals surface area contributed by atoms with Crippen molar-refractivity contribution in [3.8, 4) is 0 Å². The fourth-order valence-electron chi connectivity index (χ4n) is 2.91. The second-order valence-corrected chi connectivity index (χ2v) is 6.02. The molecule has 0 radical (unpaired) electrons. The summed E-state index contributed by atoms with van der Waals surface area (Å²) < 4.78 is 19.9. The lowest BCUT2D eigenvalue weighted by Gasteiger charge is -2.19. The first-order valence-electron chi connectivity index (χ1n) is 6.26. The maximum absolute atomic E-state index is 13.1. The van der Waals surface area contributed by atoms with E-state index in [4.69, 9.17) is 4.74 Å². The van der Waals surface area contributed by atoms with Crippen molar-refractivity contribution in [1.82, 2.24) is 4.98 Å². The molecule has 3 nitrogen and oxygen atoms in total. The van der Waals surface area contributed by atoms with Crippen LogP contribution in [0.2, 0.25) is 0 Å². The molecule has 0 saturated carbocycles. The molecule has 18 heavy (non-hydrogen) atoms. The monoisotopic (exact) mass is 264 g/mol. The van der Waals surface area contributed by atoms with Gasteiger partial charge >= 0.3 is 0 Å². The van der Waals surface area contributed by atoms with Crippen molar-refractivity contribution in [3.05, 3.63) is 24.0 Å². The van der Waals surface area contributed by atoms with Crippen LogP contribution in [0.1, 0.15) is 19.3 Å². The van der Waals surface area contributed by atoms with E-state index < -0.39 is 0 Å². The van der Waals surface area contributed by atoms with Gasteiger partial charge in [0.15, 0.2) is 5.13 Å². The molecule has 2 fully saturated rings. The molecule has 3 heterocycles. The number of nitrogens with one attached hydrogen (secondary N) is 1. The van der Waals surface area contributed by atoms with Gasteiger partial charge in [-0.2, -0.15) is 0 Å². The largest absolute Gasteiger partial charge is 0.373 e. The van der Waals surface area contributed by atoms with E-state index in [2.05, 4.69) is 10.3 Å². The first-order valence-corrected chi connectivity index (χ1v) is 7.08. The number of hydrogen-bond acceptors (Lipinski definition) is 4. The lowest BCUT2D eigenvalue weighted by Crippen LogP contribution is -2.30. The number of fused-ring (bicyclic) bond motifs is 3. The van der Waals surface area contributed by atoms with Gasteiger partial charge < -0.3 is 10.1 Å². The van der Waals surface area contributed by atoms with E-state index in [9.17, 15) is 4.39 Å². The highest BCUT2D eigenvalue weighted by Gasteiger charge is 2.40. The Balaban J connectivity index is 1.59. The minimum absolute atomic E-state index is 0.234. The molecule has 2 bridgehead atoms. The van der Waals surface area contributed by atoms with Gasteiger partial charge in [-0.05, 0) is 31.4 Å². The predicted molar refractivity (Wildman–Crippen MR) is 69.5 cm³/mol. The van der Waals surface area contributed by atoms with Gasteiger partial charge in [-0.3, -0.25) is 0 Å². The van der Waals surface area contributed by atoms with E-state index in [-0.39, 0.29) is 5.82 Å². The standard InChI is InChI=1S/C13H13FN2OS/c14-7-1-4-12-10(5-7)16-13(18-12)15-9-6-8-2-3-11(9)17-8/h1,4-5,8-9,11H,2-3,6H2,(H,15,16). The molecule has 1 aromatic carbocycles. The first-order chi connectivity index (χ1) is 8.78. The number of benzene rings is 1. The smallest absolute Gasteiger partial charge is 0.184 e. The summed E-state index contributed by atoms with van der Waals surface area (Å²) in [5, 5.41) is 4.31. The van der Waals surface area contributed by atoms with Crippen LogP contribution in [0.5, 0.6) is 0 Å². The Bertz CT molecular complexity index is 600. The molecule has 0 amide bonds. The number of nitrogens with zero attached hydrogens (tertiary/aromatic N) is 1. The SMILES string of the molecule is Fc1ccc2sc(NC3CC4CCC3O4)nc2c1. The van der Waals surface area contributed by atoms with Gasteiger partial charge in [-0.15, -0.1) is 0 Å². The fraction of sp³-hybridized carbons (Fsp3) is 0.462. The quantitative estimate of drug-likeness (QED) is 0.904. The zero-order chi connectivity index (χ0) is 12.1. The summed E-state index contributed by atoms with van der Waals surface area (Å²) in [6, 6.07) is 5.11. The van der Waals surface area contributed by atoms with Crippen LogP contribution in [-0.4, -0.2) is 23.2 Å².